The first kappa shape index (κ1) is 21.6. The van der Waals surface area contributed by atoms with Crippen LogP contribution in [0.3, 0.4) is 0 Å². The number of Topliss-reactive ketones (excluding diaryl/α,β-unsaturated/α-hetero) is 2. The van der Waals surface area contributed by atoms with Crippen LogP contribution in [0, 0.1) is 28.6 Å². The highest BCUT2D eigenvalue weighted by Crippen LogP contribution is 2.67. The lowest BCUT2D eigenvalue weighted by molar-refractivity contribution is -0.194. The van der Waals surface area contributed by atoms with Crippen molar-refractivity contribution in [2.45, 2.75) is 70.4 Å². The van der Waals surface area contributed by atoms with Gasteiger partial charge in [0.1, 0.15) is 0 Å². The summed E-state index contributed by atoms with van der Waals surface area (Å²) in [6.07, 6.45) is 2.21. The van der Waals surface area contributed by atoms with Crippen LogP contribution >= 0.6 is 0 Å². The van der Waals surface area contributed by atoms with E-state index < -0.39 is 46.3 Å². The molecule has 0 aromatic carbocycles. The second-order valence-corrected chi connectivity index (χ2v) is 10.1. The molecule has 7 nitrogen and oxygen atoms in total. The molecular weight excluding hydrogens is 388 g/mol. The first-order valence-electron chi connectivity index (χ1n) is 10.6. The summed E-state index contributed by atoms with van der Waals surface area (Å²) in [6.45, 7) is 4.74. The molecule has 30 heavy (non-hydrogen) atoms. The Hall–Kier alpha value is -1.67. The summed E-state index contributed by atoms with van der Waals surface area (Å²) in [5, 5.41) is 43.6. The van der Waals surface area contributed by atoms with Crippen LogP contribution in [-0.2, 0) is 14.4 Å². The van der Waals surface area contributed by atoms with Crippen LogP contribution in [0.5, 0.6) is 0 Å². The van der Waals surface area contributed by atoms with E-state index in [-0.39, 0.29) is 36.4 Å². The van der Waals surface area contributed by atoms with Crippen LogP contribution in [0.2, 0.25) is 0 Å². The minimum absolute atomic E-state index is 0.0490. The maximum absolute atomic E-state index is 13.0. The molecule has 164 valence electrons. The molecule has 4 rings (SSSR count). The van der Waals surface area contributed by atoms with Gasteiger partial charge < -0.3 is 20.4 Å². The molecule has 0 radical (unpaired) electrons. The average molecular weight is 418 g/mol. The molecule has 4 aliphatic rings. The molecule has 2 unspecified atom stereocenters. The Morgan fingerprint density at radius 3 is 2.53 bits per heavy atom. The summed E-state index contributed by atoms with van der Waals surface area (Å²) in [5.41, 5.74) is -3.03. The van der Waals surface area contributed by atoms with Gasteiger partial charge in [-0.3, -0.25) is 14.4 Å². The molecule has 7 heteroatoms. The van der Waals surface area contributed by atoms with Gasteiger partial charge in [-0.05, 0) is 56.6 Å². The lowest BCUT2D eigenvalue weighted by atomic mass is 9.46. The van der Waals surface area contributed by atoms with Crippen LogP contribution < -0.4 is 0 Å². The van der Waals surface area contributed by atoms with E-state index in [0.29, 0.717) is 12.8 Å². The minimum atomic E-state index is -2.32. The van der Waals surface area contributed by atoms with Crippen LogP contribution in [0.25, 0.3) is 0 Å². The van der Waals surface area contributed by atoms with E-state index >= 15 is 0 Å². The molecule has 4 N–H and O–H groups in total. The van der Waals surface area contributed by atoms with E-state index in [1.54, 1.807) is 13.0 Å². The molecule has 0 spiro atoms. The number of carbonyl (C=O) groups is 3. The predicted molar refractivity (Wildman–Crippen MR) is 106 cm³/mol. The summed E-state index contributed by atoms with van der Waals surface area (Å²) in [7, 11) is 0. The summed E-state index contributed by atoms with van der Waals surface area (Å²) >= 11 is 0. The van der Waals surface area contributed by atoms with Gasteiger partial charge in [-0.15, -0.1) is 0 Å². The first-order valence-corrected chi connectivity index (χ1v) is 10.6. The van der Waals surface area contributed by atoms with Gasteiger partial charge in [0.15, 0.2) is 23.3 Å². The quantitative estimate of drug-likeness (QED) is 0.490. The maximum Gasteiger partial charge on any atom is 0.203 e. The second kappa shape index (κ2) is 6.66. The third-order valence-corrected chi connectivity index (χ3v) is 8.73. The number of allylic oxidation sites excluding steroid dienone is 4. The molecule has 0 heterocycles. The highest BCUT2D eigenvalue weighted by molar-refractivity contribution is 6.08. The van der Waals surface area contributed by atoms with Crippen molar-refractivity contribution in [2.24, 2.45) is 28.6 Å². The summed E-state index contributed by atoms with van der Waals surface area (Å²) in [4.78, 5) is 36.4. The van der Waals surface area contributed by atoms with Crippen LogP contribution in [0.1, 0.15) is 46.5 Å². The molecule has 0 aromatic heterocycles. The normalized spacial score (nSPS) is 48.3. The largest absolute Gasteiger partial charge is 0.393 e. The van der Waals surface area contributed by atoms with Crippen LogP contribution in [0.15, 0.2) is 23.8 Å². The third-order valence-electron chi connectivity index (χ3n) is 8.73. The van der Waals surface area contributed by atoms with Crippen LogP contribution in [-0.4, -0.2) is 61.7 Å². The molecule has 0 amide bonds. The van der Waals surface area contributed by atoms with E-state index in [1.165, 1.54) is 6.08 Å². The Labute approximate surface area is 175 Å². The first-order chi connectivity index (χ1) is 13.9. The van der Waals surface area contributed by atoms with E-state index in [2.05, 4.69) is 0 Å². The van der Waals surface area contributed by atoms with Crippen molar-refractivity contribution < 1.29 is 34.8 Å². The fourth-order valence-corrected chi connectivity index (χ4v) is 7.18. The fraction of sp³-hybridized carbons (Fsp3) is 0.696. The molecule has 0 saturated heterocycles. The van der Waals surface area contributed by atoms with E-state index in [9.17, 15) is 34.8 Å². The van der Waals surface area contributed by atoms with E-state index in [0.717, 1.165) is 12.5 Å². The van der Waals surface area contributed by atoms with Crippen molar-refractivity contribution in [3.63, 3.8) is 0 Å². The van der Waals surface area contributed by atoms with Crippen molar-refractivity contribution in [1.29, 1.82) is 0 Å². The van der Waals surface area contributed by atoms with Crippen molar-refractivity contribution >= 4 is 17.3 Å². The lowest BCUT2D eigenvalue weighted by Crippen LogP contribution is -2.65. The van der Waals surface area contributed by atoms with Crippen molar-refractivity contribution in [3.05, 3.63) is 23.8 Å². The summed E-state index contributed by atoms with van der Waals surface area (Å²) in [6, 6.07) is 0. The van der Waals surface area contributed by atoms with Gasteiger partial charge in [-0.25, -0.2) is 0 Å². The Morgan fingerprint density at radius 1 is 1.23 bits per heavy atom. The van der Waals surface area contributed by atoms with Gasteiger partial charge in [0.25, 0.3) is 0 Å². The van der Waals surface area contributed by atoms with Gasteiger partial charge in [-0.1, -0.05) is 25.5 Å². The number of hydrogen-bond donors (Lipinski definition) is 4. The van der Waals surface area contributed by atoms with Gasteiger partial charge in [0, 0.05) is 16.7 Å². The highest BCUT2D eigenvalue weighted by atomic mass is 16.4. The monoisotopic (exact) mass is 418 g/mol. The molecule has 0 aromatic rings. The summed E-state index contributed by atoms with van der Waals surface area (Å²) < 4.78 is 0. The number of aliphatic hydroxyl groups excluding tert-OH is 3. The zero-order valence-electron chi connectivity index (χ0n) is 17.5. The predicted octanol–water partition coefficient (Wildman–Crippen LogP) is 0.486. The zero-order chi connectivity index (χ0) is 22.2. The molecule has 3 saturated carbocycles. The van der Waals surface area contributed by atoms with Crippen LogP contribution in [0.4, 0.5) is 0 Å². The SMILES string of the molecule is CC(=O)C(O)C(=O)[C@@]1(O)[C@H](O)C[C@H]2[C@@H]3CCC4=CC(=O)C=C[C@]4(C)[C@H]3C(O)C[C@@]21C. The number of ketones is 3. The number of carbonyl (C=O) groups excluding carboxylic acids is 3. The molecule has 9 atom stereocenters. The lowest BCUT2D eigenvalue weighted by Gasteiger charge is -2.59. The number of fused-ring (bicyclic) bond motifs is 5. The number of rotatable bonds is 3. The topological polar surface area (TPSA) is 132 Å². The Bertz CT molecular complexity index is 875. The van der Waals surface area contributed by atoms with E-state index in [4.69, 9.17) is 0 Å². The zero-order valence-corrected chi connectivity index (χ0v) is 17.5. The number of aliphatic hydroxyl groups is 4. The molecule has 3 fully saturated rings. The fourth-order valence-electron chi connectivity index (χ4n) is 7.18. The van der Waals surface area contributed by atoms with Gasteiger partial charge in [0.05, 0.1) is 12.2 Å². The maximum atomic E-state index is 13.0. The third kappa shape index (κ3) is 2.55. The van der Waals surface area contributed by atoms with Gasteiger partial charge in [-0.2, -0.15) is 0 Å². The van der Waals surface area contributed by atoms with Crippen molar-refractivity contribution in [3.8, 4) is 0 Å². The van der Waals surface area contributed by atoms with Crippen molar-refractivity contribution in [1.82, 2.24) is 0 Å². The highest BCUT2D eigenvalue weighted by Gasteiger charge is 2.72. The Kier molecular flexibility index (Phi) is 4.79. The average Bonchev–Trinajstić information content (AvgIpc) is 2.88. The van der Waals surface area contributed by atoms with Gasteiger partial charge >= 0.3 is 0 Å². The van der Waals surface area contributed by atoms with E-state index in [1.807, 2.05) is 13.0 Å². The standard InChI is InChI=1S/C23H30O7/c1-11(24)19(28)20(29)23(30)17(27)9-15-14-5-4-12-8-13(25)6-7-21(12,2)18(14)16(26)10-22(15,23)3/h6-8,14-19,26-28,30H,4-5,9-10H2,1-3H3/t14-,15-,16?,17+,18+,19?,21-,22-,23-/m0/s1. The molecule has 0 bridgehead atoms. The smallest absolute Gasteiger partial charge is 0.203 e. The molecule has 4 aliphatic carbocycles. The second-order valence-electron chi connectivity index (χ2n) is 10.1. The molecule has 0 aliphatic heterocycles. The van der Waals surface area contributed by atoms with Gasteiger partial charge in [0.2, 0.25) is 5.78 Å². The Morgan fingerprint density at radius 2 is 1.90 bits per heavy atom. The molecular formula is C23H30O7. The minimum Gasteiger partial charge on any atom is -0.393 e. The summed E-state index contributed by atoms with van der Waals surface area (Å²) in [5.74, 6) is -2.54. The number of hydrogen-bond acceptors (Lipinski definition) is 7. The Balaban J connectivity index is 1.76. The van der Waals surface area contributed by atoms with Crippen molar-refractivity contribution in [2.75, 3.05) is 0 Å².